The zero-order valence-corrected chi connectivity index (χ0v) is 17.2. The molecular weight excluding hydrogens is 366 g/mol. The number of carbonyl (C=O) groups is 2. The Hall–Kier alpha value is -2.60. The van der Waals surface area contributed by atoms with E-state index in [1.54, 1.807) is 0 Å². The number of likely N-dealkylation sites (tertiary alicyclic amines) is 1. The van der Waals surface area contributed by atoms with Crippen LogP contribution in [-0.4, -0.2) is 64.6 Å². The number of morpholine rings is 1. The molecular formula is C23H29N3O3. The van der Waals surface area contributed by atoms with Gasteiger partial charge in [-0.2, -0.15) is 0 Å². The van der Waals surface area contributed by atoms with Gasteiger partial charge in [0, 0.05) is 55.7 Å². The molecule has 2 aliphatic rings. The van der Waals surface area contributed by atoms with Gasteiger partial charge in [0.25, 0.3) is 5.91 Å². The van der Waals surface area contributed by atoms with Crippen LogP contribution in [0, 0.1) is 5.92 Å². The summed E-state index contributed by atoms with van der Waals surface area (Å²) in [7, 11) is 0. The number of ether oxygens (including phenoxy) is 1. The second-order valence-corrected chi connectivity index (χ2v) is 8.20. The van der Waals surface area contributed by atoms with E-state index in [1.165, 1.54) is 0 Å². The monoisotopic (exact) mass is 395 g/mol. The molecule has 0 spiro atoms. The molecule has 2 unspecified atom stereocenters. The maximum absolute atomic E-state index is 12.9. The first-order valence-electron chi connectivity index (χ1n) is 10.5. The number of aromatic nitrogens is 1. The van der Waals surface area contributed by atoms with Crippen LogP contribution in [0.5, 0.6) is 0 Å². The molecule has 0 radical (unpaired) electrons. The Morgan fingerprint density at radius 2 is 1.48 bits per heavy atom. The number of nitrogens with zero attached hydrogens (tertiary/aromatic N) is 3. The van der Waals surface area contributed by atoms with E-state index in [4.69, 9.17) is 4.74 Å². The van der Waals surface area contributed by atoms with Gasteiger partial charge in [0.1, 0.15) is 0 Å². The highest BCUT2D eigenvalue weighted by atomic mass is 16.5. The third kappa shape index (κ3) is 4.37. The lowest BCUT2D eigenvalue weighted by Crippen LogP contribution is -2.51. The first-order chi connectivity index (χ1) is 14.0. The number of piperidine rings is 1. The molecule has 4 rings (SSSR count). The second kappa shape index (κ2) is 8.41. The van der Waals surface area contributed by atoms with Crippen LogP contribution >= 0.6 is 0 Å². The van der Waals surface area contributed by atoms with Crippen LogP contribution in [0.1, 0.15) is 37.0 Å². The molecule has 2 amide bonds. The Morgan fingerprint density at radius 3 is 2.07 bits per heavy atom. The van der Waals surface area contributed by atoms with E-state index in [0.29, 0.717) is 31.7 Å². The molecule has 0 saturated carbocycles. The van der Waals surface area contributed by atoms with Crippen molar-refractivity contribution in [3.8, 4) is 5.69 Å². The van der Waals surface area contributed by atoms with E-state index < -0.39 is 0 Å². The number of carbonyl (C=O) groups excluding carboxylic acids is 2. The molecule has 6 nitrogen and oxygen atoms in total. The topological polar surface area (TPSA) is 54.8 Å². The minimum Gasteiger partial charge on any atom is -0.372 e. The standard InChI is InChI=1S/C23H29N3O3/c1-17-15-26(16-18(2)29-17)23(28)20-9-13-25(14-10-20)22(27)19-5-7-21(8-6-19)24-11-3-4-12-24/h3-8,11-12,17-18,20H,9-10,13-16H2,1-2H3. The van der Waals surface area contributed by atoms with Crippen LogP contribution in [0.3, 0.4) is 0 Å². The van der Waals surface area contributed by atoms with Gasteiger partial charge in [-0.25, -0.2) is 0 Å². The maximum Gasteiger partial charge on any atom is 0.253 e. The van der Waals surface area contributed by atoms with Crippen molar-refractivity contribution in [1.29, 1.82) is 0 Å². The molecule has 29 heavy (non-hydrogen) atoms. The Labute approximate surface area is 172 Å². The molecule has 2 aromatic rings. The highest BCUT2D eigenvalue weighted by Crippen LogP contribution is 2.23. The van der Waals surface area contributed by atoms with E-state index in [0.717, 1.165) is 18.5 Å². The molecule has 2 atom stereocenters. The smallest absolute Gasteiger partial charge is 0.253 e. The lowest BCUT2D eigenvalue weighted by molar-refractivity contribution is -0.148. The normalized spacial score (nSPS) is 23.2. The van der Waals surface area contributed by atoms with Crippen LogP contribution in [0.4, 0.5) is 0 Å². The van der Waals surface area contributed by atoms with E-state index in [9.17, 15) is 9.59 Å². The second-order valence-electron chi connectivity index (χ2n) is 8.20. The number of hydrogen-bond donors (Lipinski definition) is 0. The summed E-state index contributed by atoms with van der Waals surface area (Å²) >= 11 is 0. The lowest BCUT2D eigenvalue weighted by atomic mass is 9.94. The molecule has 1 aromatic heterocycles. The van der Waals surface area contributed by atoms with E-state index in [2.05, 4.69) is 0 Å². The Balaban J connectivity index is 1.33. The zero-order chi connectivity index (χ0) is 20.4. The highest BCUT2D eigenvalue weighted by molar-refractivity contribution is 5.94. The molecule has 0 aliphatic carbocycles. The summed E-state index contributed by atoms with van der Waals surface area (Å²) in [5.74, 6) is 0.270. The predicted octanol–water partition coefficient (Wildman–Crippen LogP) is 2.97. The van der Waals surface area contributed by atoms with E-state index in [-0.39, 0.29) is 29.9 Å². The molecule has 2 saturated heterocycles. The van der Waals surface area contributed by atoms with Crippen molar-refractivity contribution in [3.05, 3.63) is 54.4 Å². The first kappa shape index (κ1) is 19.7. The summed E-state index contributed by atoms with van der Waals surface area (Å²) in [4.78, 5) is 29.6. The van der Waals surface area contributed by atoms with Gasteiger partial charge in [-0.3, -0.25) is 9.59 Å². The maximum atomic E-state index is 12.9. The van der Waals surface area contributed by atoms with Crippen LogP contribution < -0.4 is 0 Å². The summed E-state index contributed by atoms with van der Waals surface area (Å²) in [5, 5.41) is 0. The minimum atomic E-state index is 0.00710. The summed E-state index contributed by atoms with van der Waals surface area (Å²) < 4.78 is 7.75. The fraction of sp³-hybridized carbons (Fsp3) is 0.478. The third-order valence-electron chi connectivity index (χ3n) is 5.88. The third-order valence-corrected chi connectivity index (χ3v) is 5.88. The lowest BCUT2D eigenvalue weighted by Gasteiger charge is -2.39. The Morgan fingerprint density at radius 1 is 0.897 bits per heavy atom. The van der Waals surface area contributed by atoms with Crippen molar-refractivity contribution in [2.45, 2.75) is 38.9 Å². The van der Waals surface area contributed by atoms with Gasteiger partial charge in [0.2, 0.25) is 5.91 Å². The summed E-state index contributed by atoms with van der Waals surface area (Å²) in [6.07, 6.45) is 5.58. The fourth-order valence-corrected chi connectivity index (χ4v) is 4.41. The van der Waals surface area contributed by atoms with Crippen molar-refractivity contribution in [2.24, 2.45) is 5.92 Å². The molecule has 154 valence electrons. The van der Waals surface area contributed by atoms with Crippen LogP contribution in [-0.2, 0) is 9.53 Å². The quantitative estimate of drug-likeness (QED) is 0.803. The summed E-state index contributed by atoms with van der Waals surface area (Å²) in [6, 6.07) is 11.6. The van der Waals surface area contributed by atoms with Gasteiger partial charge in [-0.15, -0.1) is 0 Å². The van der Waals surface area contributed by atoms with Crippen molar-refractivity contribution in [3.63, 3.8) is 0 Å². The van der Waals surface area contributed by atoms with Crippen LogP contribution in [0.25, 0.3) is 5.69 Å². The van der Waals surface area contributed by atoms with Gasteiger partial charge >= 0.3 is 0 Å². The van der Waals surface area contributed by atoms with Gasteiger partial charge in [0.05, 0.1) is 12.2 Å². The number of hydrogen-bond acceptors (Lipinski definition) is 3. The van der Waals surface area contributed by atoms with Crippen LogP contribution in [0.2, 0.25) is 0 Å². The molecule has 1 aromatic carbocycles. The average molecular weight is 396 g/mol. The van der Waals surface area contributed by atoms with Gasteiger partial charge < -0.3 is 19.1 Å². The first-order valence-corrected chi connectivity index (χ1v) is 10.5. The minimum absolute atomic E-state index is 0.00710. The molecule has 3 heterocycles. The van der Waals surface area contributed by atoms with Crippen LogP contribution in [0.15, 0.2) is 48.8 Å². The van der Waals surface area contributed by atoms with Crippen molar-refractivity contribution >= 4 is 11.8 Å². The average Bonchev–Trinajstić information content (AvgIpc) is 3.27. The molecule has 6 heteroatoms. The molecule has 2 aliphatic heterocycles. The van der Waals surface area contributed by atoms with Crippen molar-refractivity contribution < 1.29 is 14.3 Å². The van der Waals surface area contributed by atoms with Crippen molar-refractivity contribution in [2.75, 3.05) is 26.2 Å². The number of benzene rings is 1. The molecule has 0 bridgehead atoms. The summed E-state index contributed by atoms with van der Waals surface area (Å²) in [5.41, 5.74) is 1.73. The van der Waals surface area contributed by atoms with Crippen molar-refractivity contribution in [1.82, 2.24) is 14.4 Å². The van der Waals surface area contributed by atoms with Gasteiger partial charge in [0.15, 0.2) is 0 Å². The Bertz CT molecular complexity index is 829. The SMILES string of the molecule is CC1CN(C(=O)C2CCN(C(=O)c3ccc(-n4cccc4)cc3)CC2)CC(C)O1. The highest BCUT2D eigenvalue weighted by Gasteiger charge is 2.33. The van der Waals surface area contributed by atoms with E-state index in [1.807, 2.05) is 77.0 Å². The fourth-order valence-electron chi connectivity index (χ4n) is 4.41. The van der Waals surface area contributed by atoms with Gasteiger partial charge in [-0.05, 0) is 63.1 Å². The number of rotatable bonds is 3. The molecule has 2 fully saturated rings. The molecule has 0 N–H and O–H groups in total. The zero-order valence-electron chi connectivity index (χ0n) is 17.2. The van der Waals surface area contributed by atoms with Gasteiger partial charge in [-0.1, -0.05) is 0 Å². The largest absolute Gasteiger partial charge is 0.372 e. The van der Waals surface area contributed by atoms with E-state index >= 15 is 0 Å². The summed E-state index contributed by atoms with van der Waals surface area (Å²) in [6.45, 7) is 6.61. The Kier molecular flexibility index (Phi) is 5.72. The number of amides is 2. The predicted molar refractivity (Wildman–Crippen MR) is 111 cm³/mol.